The summed E-state index contributed by atoms with van der Waals surface area (Å²) in [6, 6.07) is 15.2. The van der Waals surface area contributed by atoms with Gasteiger partial charge < -0.3 is 26.2 Å². The Morgan fingerprint density at radius 3 is 2.37 bits per heavy atom. The molecule has 2 bridgehead atoms. The van der Waals surface area contributed by atoms with Crippen LogP contribution < -0.4 is 21.9 Å². The molecule has 0 spiro atoms. The summed E-state index contributed by atoms with van der Waals surface area (Å²) in [5.74, 6) is 0. The van der Waals surface area contributed by atoms with Crippen molar-refractivity contribution in [1.82, 2.24) is 0 Å². The van der Waals surface area contributed by atoms with Gasteiger partial charge in [-0.15, -0.1) is 11.3 Å². The number of quaternary nitrogens is 1. The number of ether oxygens (including phenoxy) is 1. The van der Waals surface area contributed by atoms with E-state index < -0.39 is 0 Å². The Hall–Kier alpha value is -1.37. The van der Waals surface area contributed by atoms with E-state index in [2.05, 4.69) is 20.2 Å². The molecule has 2 aliphatic rings. The zero-order chi connectivity index (χ0) is 18.1. The summed E-state index contributed by atoms with van der Waals surface area (Å²) in [7, 11) is 4.65. The summed E-state index contributed by atoms with van der Waals surface area (Å²) >= 11 is 1.67. The predicted octanol–water partition coefficient (Wildman–Crippen LogP) is 1.67. The molecule has 0 aliphatic carbocycles. The van der Waals surface area contributed by atoms with Gasteiger partial charge >= 0.3 is 6.09 Å². The Kier molecular flexibility index (Phi) is 6.28. The van der Waals surface area contributed by atoms with Gasteiger partial charge in [-0.2, -0.15) is 0 Å². The number of carbonyl (C=O) groups is 1. The minimum atomic E-state index is -0.221. The van der Waals surface area contributed by atoms with Gasteiger partial charge in [-0.25, -0.2) is 4.79 Å². The van der Waals surface area contributed by atoms with Crippen molar-refractivity contribution >= 4 is 23.1 Å². The average molecular weight is 451 g/mol. The second kappa shape index (κ2) is 8.33. The first kappa shape index (κ1) is 20.4. The Morgan fingerprint density at radius 1 is 1.11 bits per heavy atom. The van der Waals surface area contributed by atoms with Crippen molar-refractivity contribution in [1.29, 1.82) is 0 Å². The molecule has 1 aromatic heterocycles. The molecule has 3 heterocycles. The van der Waals surface area contributed by atoms with Gasteiger partial charge in [-0.3, -0.25) is 4.90 Å². The van der Waals surface area contributed by atoms with Crippen LogP contribution in [0.25, 0.3) is 0 Å². The minimum Gasteiger partial charge on any atom is -1.00 e. The number of halogens is 1. The first-order valence-electron chi connectivity index (χ1n) is 9.43. The minimum absolute atomic E-state index is 0. The predicted molar refractivity (Wildman–Crippen MR) is 105 cm³/mol. The SMILES string of the molecule is C[N+]1(C)[C@@H]2CC[C@H]1CC(OC(=O)N(Cc1cccs1)c1ccccc1)C2.[Br-]. The van der Waals surface area contributed by atoms with Gasteiger partial charge in [0.05, 0.1) is 32.7 Å². The topological polar surface area (TPSA) is 29.5 Å². The van der Waals surface area contributed by atoms with Crippen LogP contribution in [0.15, 0.2) is 47.8 Å². The van der Waals surface area contributed by atoms with Crippen molar-refractivity contribution in [3.05, 3.63) is 52.7 Å². The van der Waals surface area contributed by atoms with Gasteiger partial charge in [0.1, 0.15) is 6.10 Å². The van der Waals surface area contributed by atoms with Crippen LogP contribution >= 0.6 is 11.3 Å². The van der Waals surface area contributed by atoms with E-state index in [4.69, 9.17) is 4.74 Å². The standard InChI is InChI=1S/C21H27N2O2S.BrH/c1-23(2)17-10-11-18(23)14-19(13-17)25-21(24)22(15-20-9-6-12-26-20)16-7-4-3-5-8-16;/h3-9,12,17-19H,10-11,13-15H2,1-2H3;1H/q+1;/p-1/t17-,18+,19?;. The van der Waals surface area contributed by atoms with Gasteiger partial charge in [0, 0.05) is 36.2 Å². The molecule has 4 nitrogen and oxygen atoms in total. The first-order valence-corrected chi connectivity index (χ1v) is 10.3. The Bertz CT molecular complexity index is 735. The van der Waals surface area contributed by atoms with Crippen molar-refractivity contribution in [2.75, 3.05) is 19.0 Å². The Morgan fingerprint density at radius 2 is 1.78 bits per heavy atom. The lowest BCUT2D eigenvalue weighted by molar-refractivity contribution is -0.931. The van der Waals surface area contributed by atoms with Crippen LogP contribution in [-0.4, -0.2) is 42.9 Å². The van der Waals surface area contributed by atoms with Gasteiger partial charge in [0.25, 0.3) is 0 Å². The molecular weight excluding hydrogens is 424 g/mol. The van der Waals surface area contributed by atoms with E-state index in [9.17, 15) is 4.79 Å². The van der Waals surface area contributed by atoms with Gasteiger partial charge in [0.2, 0.25) is 0 Å². The summed E-state index contributed by atoms with van der Waals surface area (Å²) in [6.45, 7) is 0.557. The molecule has 27 heavy (non-hydrogen) atoms. The molecule has 2 aliphatic heterocycles. The van der Waals surface area contributed by atoms with Crippen LogP contribution in [-0.2, 0) is 11.3 Å². The number of rotatable bonds is 4. The van der Waals surface area contributed by atoms with Crippen LogP contribution in [0.3, 0.4) is 0 Å². The Balaban J connectivity index is 0.00000210. The fourth-order valence-electron chi connectivity index (χ4n) is 4.56. The third-order valence-corrected chi connectivity index (χ3v) is 7.10. The number of anilines is 1. The van der Waals surface area contributed by atoms with Crippen molar-refractivity contribution in [2.45, 2.75) is 50.4 Å². The molecule has 3 atom stereocenters. The molecule has 2 saturated heterocycles. The highest BCUT2D eigenvalue weighted by Crippen LogP contribution is 2.40. The normalized spacial score (nSPS) is 25.5. The quantitative estimate of drug-likeness (QED) is 0.662. The molecule has 0 N–H and O–H groups in total. The number of piperidine rings is 1. The monoisotopic (exact) mass is 450 g/mol. The molecule has 2 fully saturated rings. The summed E-state index contributed by atoms with van der Waals surface area (Å²) in [6.07, 6.45) is 4.29. The maximum atomic E-state index is 13.0. The molecule has 2 aromatic rings. The second-order valence-electron chi connectivity index (χ2n) is 7.99. The summed E-state index contributed by atoms with van der Waals surface area (Å²) in [4.78, 5) is 16.0. The maximum Gasteiger partial charge on any atom is 0.414 e. The molecule has 1 unspecified atom stereocenters. The highest BCUT2D eigenvalue weighted by Gasteiger charge is 2.50. The van der Waals surface area contributed by atoms with E-state index in [1.54, 1.807) is 16.2 Å². The molecule has 1 amide bonds. The highest BCUT2D eigenvalue weighted by molar-refractivity contribution is 7.09. The molecule has 1 aromatic carbocycles. The van der Waals surface area contributed by atoms with Crippen LogP contribution in [0.5, 0.6) is 0 Å². The molecule has 4 rings (SSSR count). The largest absolute Gasteiger partial charge is 1.00 e. The number of amides is 1. The third-order valence-electron chi connectivity index (χ3n) is 6.24. The van der Waals surface area contributed by atoms with E-state index in [0.29, 0.717) is 18.6 Å². The summed E-state index contributed by atoms with van der Waals surface area (Å²) < 4.78 is 7.10. The van der Waals surface area contributed by atoms with Crippen LogP contribution in [0.4, 0.5) is 10.5 Å². The van der Waals surface area contributed by atoms with Crippen molar-refractivity contribution in [3.8, 4) is 0 Å². The van der Waals surface area contributed by atoms with Crippen molar-refractivity contribution in [2.24, 2.45) is 0 Å². The van der Waals surface area contributed by atoms with Crippen LogP contribution in [0, 0.1) is 0 Å². The summed E-state index contributed by atoms with van der Waals surface area (Å²) in [5, 5.41) is 2.04. The van der Waals surface area contributed by atoms with E-state index in [-0.39, 0.29) is 29.2 Å². The van der Waals surface area contributed by atoms with E-state index in [1.807, 2.05) is 41.8 Å². The fraction of sp³-hybridized carbons (Fsp3) is 0.476. The number of fused-ring (bicyclic) bond motifs is 2. The lowest BCUT2D eigenvalue weighted by Crippen LogP contribution is -3.00. The number of hydrogen-bond donors (Lipinski definition) is 0. The van der Waals surface area contributed by atoms with Gasteiger partial charge in [-0.1, -0.05) is 24.3 Å². The molecule has 0 saturated carbocycles. The van der Waals surface area contributed by atoms with Crippen molar-refractivity contribution < 1.29 is 31.0 Å². The molecule has 0 radical (unpaired) electrons. The zero-order valence-electron chi connectivity index (χ0n) is 15.9. The Labute approximate surface area is 176 Å². The van der Waals surface area contributed by atoms with E-state index >= 15 is 0 Å². The number of para-hydroxylation sites is 1. The van der Waals surface area contributed by atoms with Gasteiger partial charge in [-0.05, 0) is 23.6 Å². The second-order valence-corrected chi connectivity index (χ2v) is 9.02. The smallest absolute Gasteiger partial charge is 0.414 e. The highest BCUT2D eigenvalue weighted by atomic mass is 79.9. The molecular formula is C21H27BrN2O2S. The number of thiophene rings is 1. The molecule has 146 valence electrons. The third kappa shape index (κ3) is 4.23. The first-order chi connectivity index (χ1) is 12.5. The zero-order valence-corrected chi connectivity index (χ0v) is 18.3. The lowest BCUT2D eigenvalue weighted by atomic mass is 9.98. The number of nitrogens with zero attached hydrogens (tertiary/aromatic N) is 2. The number of hydrogen-bond acceptors (Lipinski definition) is 3. The fourth-order valence-corrected chi connectivity index (χ4v) is 5.25. The maximum absolute atomic E-state index is 13.0. The lowest BCUT2D eigenvalue weighted by Gasteiger charge is -2.44. The summed E-state index contributed by atoms with van der Waals surface area (Å²) in [5.41, 5.74) is 0.890. The van der Waals surface area contributed by atoms with E-state index in [1.165, 1.54) is 12.8 Å². The van der Waals surface area contributed by atoms with Crippen molar-refractivity contribution in [3.63, 3.8) is 0 Å². The van der Waals surface area contributed by atoms with Crippen LogP contribution in [0.2, 0.25) is 0 Å². The van der Waals surface area contributed by atoms with E-state index in [0.717, 1.165) is 27.9 Å². The van der Waals surface area contributed by atoms with Gasteiger partial charge in [0.15, 0.2) is 0 Å². The molecule has 6 heteroatoms. The number of carbonyl (C=O) groups excluding carboxylic acids is 1. The number of benzene rings is 1. The van der Waals surface area contributed by atoms with Crippen LogP contribution in [0.1, 0.15) is 30.6 Å². The average Bonchev–Trinajstić information content (AvgIpc) is 3.16.